The summed E-state index contributed by atoms with van der Waals surface area (Å²) in [6, 6.07) is 5.47. The molecule has 0 aliphatic heterocycles. The number of nitrogens with two attached hydrogens (primary N) is 1. The number of halogens is 1. The standard InChI is InChI=1S/C15H19BrN4O/c1-10-4-5-13(17)11(8-10)15(21)14-12(16)9-18-20(14)7-6-19(2)3/h4-5,8-9H,6-7,17H2,1-3H3. The number of nitrogens with zero attached hydrogens (tertiary/aromatic N) is 3. The SMILES string of the molecule is Cc1ccc(N)c(C(=O)c2c(Br)cnn2CCN(C)C)c1. The molecule has 0 fully saturated rings. The van der Waals surface area contributed by atoms with Crippen LogP contribution in [0.15, 0.2) is 28.9 Å². The maximum absolute atomic E-state index is 12.8. The van der Waals surface area contributed by atoms with Gasteiger partial charge in [-0.3, -0.25) is 9.48 Å². The zero-order valence-electron chi connectivity index (χ0n) is 12.4. The van der Waals surface area contributed by atoms with Gasteiger partial charge in [-0.05, 0) is 49.1 Å². The van der Waals surface area contributed by atoms with Crippen molar-refractivity contribution in [3.63, 3.8) is 0 Å². The second-order valence-electron chi connectivity index (χ2n) is 5.29. The number of nitrogen functional groups attached to an aromatic ring is 1. The molecule has 21 heavy (non-hydrogen) atoms. The van der Waals surface area contributed by atoms with E-state index in [9.17, 15) is 4.79 Å². The molecule has 112 valence electrons. The Kier molecular flexibility index (Phi) is 4.80. The van der Waals surface area contributed by atoms with Gasteiger partial charge < -0.3 is 10.6 Å². The molecule has 0 spiro atoms. The molecule has 0 aliphatic rings. The molecule has 1 aromatic carbocycles. The van der Waals surface area contributed by atoms with E-state index in [1.165, 1.54) is 0 Å². The highest BCUT2D eigenvalue weighted by Crippen LogP contribution is 2.23. The molecule has 1 aromatic heterocycles. The Morgan fingerprint density at radius 2 is 2.14 bits per heavy atom. The first-order valence-corrected chi connectivity index (χ1v) is 7.46. The van der Waals surface area contributed by atoms with Crippen LogP contribution in [0.2, 0.25) is 0 Å². The van der Waals surface area contributed by atoms with Crippen molar-refractivity contribution in [2.24, 2.45) is 0 Å². The fraction of sp³-hybridized carbons (Fsp3) is 0.333. The summed E-state index contributed by atoms with van der Waals surface area (Å²) in [5.41, 5.74) is 8.48. The highest BCUT2D eigenvalue weighted by Gasteiger charge is 2.20. The lowest BCUT2D eigenvalue weighted by Crippen LogP contribution is -2.22. The molecule has 5 nitrogen and oxygen atoms in total. The molecule has 0 unspecified atom stereocenters. The van der Waals surface area contributed by atoms with Crippen molar-refractivity contribution in [2.75, 3.05) is 26.4 Å². The molecular formula is C15H19BrN4O. The summed E-state index contributed by atoms with van der Waals surface area (Å²) in [5, 5.41) is 4.27. The lowest BCUT2D eigenvalue weighted by Gasteiger charge is -2.12. The van der Waals surface area contributed by atoms with Crippen LogP contribution in [0.3, 0.4) is 0 Å². The van der Waals surface area contributed by atoms with Crippen LogP contribution in [0.1, 0.15) is 21.6 Å². The summed E-state index contributed by atoms with van der Waals surface area (Å²) in [7, 11) is 3.97. The van der Waals surface area contributed by atoms with Crippen LogP contribution in [-0.4, -0.2) is 41.1 Å². The molecule has 0 bridgehead atoms. The van der Waals surface area contributed by atoms with Gasteiger partial charge in [-0.25, -0.2) is 0 Å². The Morgan fingerprint density at radius 3 is 2.81 bits per heavy atom. The summed E-state index contributed by atoms with van der Waals surface area (Å²) < 4.78 is 2.40. The molecule has 0 aliphatic carbocycles. The Balaban J connectivity index is 2.39. The van der Waals surface area contributed by atoms with Crippen LogP contribution in [0.25, 0.3) is 0 Å². The average Bonchev–Trinajstić information content (AvgIpc) is 2.79. The summed E-state index contributed by atoms with van der Waals surface area (Å²) in [5.74, 6) is -0.112. The lowest BCUT2D eigenvalue weighted by molar-refractivity contribution is 0.102. The zero-order chi connectivity index (χ0) is 15.6. The van der Waals surface area contributed by atoms with E-state index in [2.05, 4.69) is 21.0 Å². The van der Waals surface area contributed by atoms with Crippen molar-refractivity contribution in [2.45, 2.75) is 13.5 Å². The third-order valence-corrected chi connectivity index (χ3v) is 3.80. The van der Waals surface area contributed by atoms with E-state index in [1.54, 1.807) is 16.9 Å². The number of likely N-dealkylation sites (N-methyl/N-ethyl adjacent to an activating group) is 1. The number of carbonyl (C=O) groups is 1. The predicted octanol–water partition coefficient (Wildman–Crippen LogP) is 2.33. The molecule has 0 atom stereocenters. The highest BCUT2D eigenvalue weighted by atomic mass is 79.9. The van der Waals surface area contributed by atoms with Crippen LogP contribution in [-0.2, 0) is 6.54 Å². The van der Waals surface area contributed by atoms with Crippen molar-refractivity contribution in [3.8, 4) is 0 Å². The average molecular weight is 351 g/mol. The third-order valence-electron chi connectivity index (χ3n) is 3.22. The van der Waals surface area contributed by atoms with Crippen molar-refractivity contribution in [1.29, 1.82) is 0 Å². The minimum Gasteiger partial charge on any atom is -0.398 e. The van der Waals surface area contributed by atoms with E-state index in [0.29, 0.717) is 28.0 Å². The number of aromatic nitrogens is 2. The number of hydrogen-bond acceptors (Lipinski definition) is 4. The normalized spacial score (nSPS) is 11.1. The van der Waals surface area contributed by atoms with Crippen LogP contribution in [0.4, 0.5) is 5.69 Å². The van der Waals surface area contributed by atoms with Crippen molar-refractivity contribution < 1.29 is 4.79 Å². The van der Waals surface area contributed by atoms with Gasteiger partial charge in [0.1, 0.15) is 5.69 Å². The van der Waals surface area contributed by atoms with E-state index < -0.39 is 0 Å². The van der Waals surface area contributed by atoms with Gasteiger partial charge in [0.2, 0.25) is 5.78 Å². The van der Waals surface area contributed by atoms with Crippen molar-refractivity contribution in [1.82, 2.24) is 14.7 Å². The maximum atomic E-state index is 12.8. The van der Waals surface area contributed by atoms with E-state index in [4.69, 9.17) is 5.73 Å². The van der Waals surface area contributed by atoms with Gasteiger partial charge in [0.15, 0.2) is 0 Å². The van der Waals surface area contributed by atoms with E-state index in [0.717, 1.165) is 12.1 Å². The minimum absolute atomic E-state index is 0.112. The minimum atomic E-state index is -0.112. The predicted molar refractivity (Wildman–Crippen MR) is 87.5 cm³/mol. The maximum Gasteiger partial charge on any atom is 0.214 e. The van der Waals surface area contributed by atoms with Crippen LogP contribution in [0.5, 0.6) is 0 Å². The van der Waals surface area contributed by atoms with Crippen LogP contribution >= 0.6 is 15.9 Å². The number of anilines is 1. The van der Waals surface area contributed by atoms with Gasteiger partial charge in [-0.15, -0.1) is 0 Å². The van der Waals surface area contributed by atoms with Gasteiger partial charge in [0.25, 0.3) is 0 Å². The summed E-state index contributed by atoms with van der Waals surface area (Å²) >= 11 is 3.41. The number of ketones is 1. The van der Waals surface area contributed by atoms with Gasteiger partial charge in [0, 0.05) is 17.8 Å². The molecule has 1 heterocycles. The fourth-order valence-corrected chi connectivity index (χ4v) is 2.52. The Hall–Kier alpha value is -1.66. The van der Waals surface area contributed by atoms with Crippen molar-refractivity contribution in [3.05, 3.63) is 45.7 Å². The van der Waals surface area contributed by atoms with Crippen molar-refractivity contribution >= 4 is 27.4 Å². The first-order chi connectivity index (χ1) is 9.90. The monoisotopic (exact) mass is 350 g/mol. The molecule has 0 saturated heterocycles. The number of carbonyl (C=O) groups excluding carboxylic acids is 1. The van der Waals surface area contributed by atoms with Crippen LogP contribution in [0, 0.1) is 6.92 Å². The number of benzene rings is 1. The van der Waals surface area contributed by atoms with E-state index >= 15 is 0 Å². The molecule has 2 aromatic rings. The van der Waals surface area contributed by atoms with Gasteiger partial charge in [-0.1, -0.05) is 11.6 Å². The fourth-order valence-electron chi connectivity index (χ4n) is 2.05. The number of rotatable bonds is 5. The number of aryl methyl sites for hydroxylation is 1. The van der Waals surface area contributed by atoms with Gasteiger partial charge in [0.05, 0.1) is 17.2 Å². The number of hydrogen-bond donors (Lipinski definition) is 1. The van der Waals surface area contributed by atoms with E-state index in [-0.39, 0.29) is 5.78 Å². The Morgan fingerprint density at radius 1 is 1.43 bits per heavy atom. The first-order valence-electron chi connectivity index (χ1n) is 6.67. The largest absolute Gasteiger partial charge is 0.398 e. The van der Waals surface area contributed by atoms with E-state index in [1.807, 2.05) is 38.1 Å². The molecular weight excluding hydrogens is 332 g/mol. The van der Waals surface area contributed by atoms with Crippen LogP contribution < -0.4 is 5.73 Å². The molecule has 0 amide bonds. The zero-order valence-corrected chi connectivity index (χ0v) is 14.0. The second kappa shape index (κ2) is 6.41. The topological polar surface area (TPSA) is 64.2 Å². The lowest BCUT2D eigenvalue weighted by atomic mass is 10.0. The molecule has 2 rings (SSSR count). The second-order valence-corrected chi connectivity index (χ2v) is 6.14. The smallest absolute Gasteiger partial charge is 0.214 e. The Labute approximate surface area is 132 Å². The first kappa shape index (κ1) is 15.7. The van der Waals surface area contributed by atoms with Gasteiger partial charge >= 0.3 is 0 Å². The summed E-state index contributed by atoms with van der Waals surface area (Å²) in [6.45, 7) is 3.39. The summed E-state index contributed by atoms with van der Waals surface area (Å²) in [6.07, 6.45) is 1.65. The highest BCUT2D eigenvalue weighted by molar-refractivity contribution is 9.10. The van der Waals surface area contributed by atoms with Gasteiger partial charge in [-0.2, -0.15) is 5.10 Å². The molecule has 0 radical (unpaired) electrons. The molecule has 2 N–H and O–H groups in total. The third kappa shape index (κ3) is 3.51. The molecule has 6 heteroatoms. The summed E-state index contributed by atoms with van der Waals surface area (Å²) in [4.78, 5) is 14.8. The quantitative estimate of drug-likeness (QED) is 0.663. The molecule has 0 saturated carbocycles. The Bertz CT molecular complexity index is 664.